The van der Waals surface area contributed by atoms with E-state index >= 15 is 0 Å². The molecule has 0 radical (unpaired) electrons. The molecule has 0 aliphatic rings. The first-order valence-electron chi connectivity index (χ1n) is 6.11. The van der Waals surface area contributed by atoms with E-state index in [1.54, 1.807) is 24.7 Å². The van der Waals surface area contributed by atoms with E-state index in [-0.39, 0.29) is 0 Å². The van der Waals surface area contributed by atoms with Crippen molar-refractivity contribution in [1.29, 1.82) is 0 Å². The van der Waals surface area contributed by atoms with E-state index in [1.807, 2.05) is 31.2 Å². The third-order valence-electron chi connectivity index (χ3n) is 2.43. The maximum absolute atomic E-state index is 5.55. The van der Waals surface area contributed by atoms with Gasteiger partial charge in [-0.1, -0.05) is 17.8 Å². The van der Waals surface area contributed by atoms with Crippen molar-refractivity contribution >= 4 is 5.71 Å². The van der Waals surface area contributed by atoms with Crippen molar-refractivity contribution in [2.24, 2.45) is 5.16 Å². The molecular weight excluding hydrogens is 254 g/mol. The van der Waals surface area contributed by atoms with Gasteiger partial charge in [-0.15, -0.1) is 0 Å². The molecule has 0 aliphatic carbocycles. The van der Waals surface area contributed by atoms with E-state index in [9.17, 15) is 0 Å². The Balaban J connectivity index is 2.02. The first-order chi connectivity index (χ1) is 9.79. The van der Waals surface area contributed by atoms with Crippen LogP contribution in [0.1, 0.15) is 12.5 Å². The van der Waals surface area contributed by atoms with E-state index in [2.05, 4.69) is 21.7 Å². The monoisotopic (exact) mass is 269 g/mol. The van der Waals surface area contributed by atoms with Crippen LogP contribution in [0, 0.1) is 0 Å². The molecule has 1 aromatic heterocycles. The van der Waals surface area contributed by atoms with E-state index < -0.39 is 0 Å². The van der Waals surface area contributed by atoms with Gasteiger partial charge in [-0.25, -0.2) is 4.98 Å². The molecule has 1 heterocycles. The van der Waals surface area contributed by atoms with Gasteiger partial charge in [0.05, 0.1) is 11.9 Å². The SMILES string of the molecule is C=CCO/N=C(/C)c1ccc(Oc2cnccn2)cc1. The highest BCUT2D eigenvalue weighted by Gasteiger charge is 2.01. The average Bonchev–Trinajstić information content (AvgIpc) is 2.49. The largest absolute Gasteiger partial charge is 0.438 e. The van der Waals surface area contributed by atoms with E-state index in [0.29, 0.717) is 18.2 Å². The number of benzene rings is 1. The zero-order valence-electron chi connectivity index (χ0n) is 11.2. The summed E-state index contributed by atoms with van der Waals surface area (Å²) in [7, 11) is 0. The summed E-state index contributed by atoms with van der Waals surface area (Å²) in [6, 6.07) is 7.50. The highest BCUT2D eigenvalue weighted by atomic mass is 16.6. The smallest absolute Gasteiger partial charge is 0.237 e. The van der Waals surface area contributed by atoms with Crippen molar-refractivity contribution in [2.45, 2.75) is 6.92 Å². The van der Waals surface area contributed by atoms with Gasteiger partial charge in [0.1, 0.15) is 12.4 Å². The molecule has 102 valence electrons. The Bertz CT molecular complexity index is 580. The maximum atomic E-state index is 5.55. The van der Waals surface area contributed by atoms with E-state index in [1.165, 1.54) is 0 Å². The van der Waals surface area contributed by atoms with Crippen LogP contribution in [0.3, 0.4) is 0 Å². The van der Waals surface area contributed by atoms with Crippen LogP contribution in [-0.2, 0) is 4.84 Å². The fourth-order valence-electron chi connectivity index (χ4n) is 1.46. The van der Waals surface area contributed by atoms with Crippen molar-refractivity contribution in [2.75, 3.05) is 6.61 Å². The number of rotatable bonds is 6. The first kappa shape index (κ1) is 13.7. The summed E-state index contributed by atoms with van der Waals surface area (Å²) in [4.78, 5) is 13.0. The zero-order valence-corrected chi connectivity index (χ0v) is 11.2. The summed E-state index contributed by atoms with van der Waals surface area (Å²) in [6.07, 6.45) is 6.38. The van der Waals surface area contributed by atoms with Gasteiger partial charge in [0.2, 0.25) is 5.88 Å². The topological polar surface area (TPSA) is 56.6 Å². The quantitative estimate of drug-likeness (QED) is 0.350. The molecule has 5 nitrogen and oxygen atoms in total. The number of oxime groups is 1. The lowest BCUT2D eigenvalue weighted by Crippen LogP contribution is -1.96. The third-order valence-corrected chi connectivity index (χ3v) is 2.43. The van der Waals surface area contributed by atoms with Crippen molar-refractivity contribution in [1.82, 2.24) is 9.97 Å². The zero-order chi connectivity index (χ0) is 14.2. The molecule has 0 spiro atoms. The van der Waals surface area contributed by atoms with Gasteiger partial charge < -0.3 is 9.57 Å². The van der Waals surface area contributed by atoms with Gasteiger partial charge in [0.15, 0.2) is 0 Å². The first-order valence-corrected chi connectivity index (χ1v) is 6.11. The van der Waals surface area contributed by atoms with Gasteiger partial charge in [0, 0.05) is 12.4 Å². The fourth-order valence-corrected chi connectivity index (χ4v) is 1.46. The highest BCUT2D eigenvalue weighted by Crippen LogP contribution is 2.18. The van der Waals surface area contributed by atoms with Crippen LogP contribution in [0.2, 0.25) is 0 Å². The Hall–Kier alpha value is -2.69. The molecule has 1 aromatic carbocycles. The normalized spacial score (nSPS) is 10.9. The van der Waals surface area contributed by atoms with Crippen LogP contribution in [0.4, 0.5) is 0 Å². The van der Waals surface area contributed by atoms with Crippen molar-refractivity contribution in [3.63, 3.8) is 0 Å². The molecular formula is C15H15N3O2. The average molecular weight is 269 g/mol. The van der Waals surface area contributed by atoms with Crippen molar-refractivity contribution in [3.8, 4) is 11.6 Å². The van der Waals surface area contributed by atoms with Crippen LogP contribution < -0.4 is 4.74 Å². The number of ether oxygens (including phenoxy) is 1. The van der Waals surface area contributed by atoms with Crippen LogP contribution in [-0.4, -0.2) is 22.3 Å². The molecule has 0 saturated carbocycles. The number of hydrogen-bond acceptors (Lipinski definition) is 5. The fraction of sp³-hybridized carbons (Fsp3) is 0.133. The molecule has 20 heavy (non-hydrogen) atoms. The van der Waals surface area contributed by atoms with Crippen LogP contribution in [0.25, 0.3) is 0 Å². The molecule has 0 atom stereocenters. The van der Waals surface area contributed by atoms with Crippen molar-refractivity contribution < 1.29 is 9.57 Å². The standard InChI is InChI=1S/C15H15N3O2/c1-3-10-19-18-12(2)13-4-6-14(7-5-13)20-15-11-16-8-9-17-15/h3-9,11H,1,10H2,2H3/b18-12-. The minimum absolute atomic E-state index is 0.394. The Kier molecular flexibility index (Phi) is 4.83. The Morgan fingerprint density at radius 2 is 2.10 bits per heavy atom. The second-order valence-corrected chi connectivity index (χ2v) is 3.93. The number of hydrogen-bond donors (Lipinski definition) is 0. The highest BCUT2D eigenvalue weighted by molar-refractivity contribution is 5.98. The van der Waals surface area contributed by atoms with Crippen LogP contribution in [0.5, 0.6) is 11.6 Å². The summed E-state index contributed by atoms with van der Waals surface area (Å²) >= 11 is 0. The lowest BCUT2D eigenvalue weighted by Gasteiger charge is -2.05. The molecule has 0 unspecified atom stereocenters. The van der Waals surface area contributed by atoms with E-state index in [4.69, 9.17) is 9.57 Å². The molecule has 2 rings (SSSR count). The molecule has 0 saturated heterocycles. The molecule has 0 fully saturated rings. The molecule has 5 heteroatoms. The molecule has 0 amide bonds. The van der Waals surface area contributed by atoms with Gasteiger partial charge in [-0.05, 0) is 36.8 Å². The lowest BCUT2D eigenvalue weighted by molar-refractivity contribution is 0.175. The second-order valence-electron chi connectivity index (χ2n) is 3.93. The van der Waals surface area contributed by atoms with Gasteiger partial charge in [-0.3, -0.25) is 4.98 Å². The Morgan fingerprint density at radius 3 is 2.75 bits per heavy atom. The maximum Gasteiger partial charge on any atom is 0.237 e. The predicted molar refractivity (Wildman–Crippen MR) is 76.9 cm³/mol. The molecule has 0 bridgehead atoms. The number of aromatic nitrogens is 2. The lowest BCUT2D eigenvalue weighted by atomic mass is 10.1. The van der Waals surface area contributed by atoms with Crippen LogP contribution in [0.15, 0.2) is 60.7 Å². The molecule has 2 aromatic rings. The van der Waals surface area contributed by atoms with Gasteiger partial charge >= 0.3 is 0 Å². The summed E-state index contributed by atoms with van der Waals surface area (Å²) in [5.41, 5.74) is 1.75. The number of nitrogens with zero attached hydrogens (tertiary/aromatic N) is 3. The Morgan fingerprint density at radius 1 is 1.30 bits per heavy atom. The minimum Gasteiger partial charge on any atom is -0.438 e. The molecule has 0 N–H and O–H groups in total. The van der Waals surface area contributed by atoms with Crippen LogP contribution >= 0.6 is 0 Å². The second kappa shape index (κ2) is 7.04. The van der Waals surface area contributed by atoms with Gasteiger partial charge in [-0.2, -0.15) is 0 Å². The summed E-state index contributed by atoms with van der Waals surface area (Å²) in [6.45, 7) is 5.83. The summed E-state index contributed by atoms with van der Waals surface area (Å²) in [5, 5.41) is 3.98. The Labute approximate surface area is 117 Å². The third kappa shape index (κ3) is 3.91. The van der Waals surface area contributed by atoms with Gasteiger partial charge in [0.25, 0.3) is 0 Å². The minimum atomic E-state index is 0.394. The molecule has 0 aliphatic heterocycles. The summed E-state index contributed by atoms with van der Waals surface area (Å²) < 4.78 is 5.55. The predicted octanol–water partition coefficient (Wildman–Crippen LogP) is 3.20. The summed E-state index contributed by atoms with van der Waals surface area (Å²) in [5.74, 6) is 1.15. The van der Waals surface area contributed by atoms with E-state index in [0.717, 1.165) is 11.3 Å². The van der Waals surface area contributed by atoms with Crippen molar-refractivity contribution in [3.05, 3.63) is 61.1 Å².